The quantitative estimate of drug-likeness (QED) is 0.280. The van der Waals surface area contributed by atoms with Gasteiger partial charge in [0.15, 0.2) is 0 Å². The average molecular weight is 590 g/mol. The molecule has 0 aliphatic carbocycles. The van der Waals surface area contributed by atoms with Crippen LogP contribution >= 0.6 is 12.6 Å². The number of hydrogen-bond donors (Lipinski definition) is 1. The zero-order valence-electron chi connectivity index (χ0n) is 16.7. The molecule has 1 fully saturated rings. The van der Waals surface area contributed by atoms with Crippen molar-refractivity contribution in [1.29, 1.82) is 0 Å². The van der Waals surface area contributed by atoms with Crippen LogP contribution in [0, 0.1) is 0 Å². The molecule has 157 valence electrons. The van der Waals surface area contributed by atoms with Crippen LogP contribution in [0.25, 0.3) is 0 Å². The van der Waals surface area contributed by atoms with Crippen LogP contribution in [0.2, 0.25) is 0 Å². The van der Waals surface area contributed by atoms with E-state index in [2.05, 4.69) is 38.3 Å². The smallest absolute Gasteiger partial charge is 0.0466 e. The van der Waals surface area contributed by atoms with Crippen molar-refractivity contribution in [2.24, 2.45) is 0 Å². The van der Waals surface area contributed by atoms with Crippen LogP contribution in [-0.2, 0) is 39.7 Å². The average Bonchev–Trinajstić information content (AvgIpc) is 3.26. The Hall–Kier alpha value is -0.330. The van der Waals surface area contributed by atoms with Gasteiger partial charge in [-0.15, -0.1) is 12.6 Å². The minimum Gasteiger partial charge on any atom is -0.780 e. The molecule has 3 rings (SSSR count). The molecule has 27 heavy (non-hydrogen) atoms. The van der Waals surface area contributed by atoms with Crippen LogP contribution in [0.5, 0.6) is 0 Å². The predicted molar refractivity (Wildman–Crippen MR) is 119 cm³/mol. The molecule has 2 aromatic rings. The third-order valence-corrected chi connectivity index (χ3v) is 4.24. The van der Waals surface area contributed by atoms with Gasteiger partial charge in [-0.05, 0) is 44.6 Å². The van der Waals surface area contributed by atoms with Crippen molar-refractivity contribution in [1.82, 2.24) is 4.90 Å². The number of benzene rings is 2. The molecule has 0 saturated carbocycles. The second-order valence-corrected chi connectivity index (χ2v) is 6.58. The van der Waals surface area contributed by atoms with Crippen molar-refractivity contribution < 1.29 is 27.1 Å². The molecule has 0 aromatic heterocycles. The molecule has 1 radical (unpaired) electrons. The van der Waals surface area contributed by atoms with Crippen LogP contribution in [0.1, 0.15) is 33.6 Å². The van der Waals surface area contributed by atoms with Gasteiger partial charge in [0.1, 0.15) is 0 Å². The number of rotatable bonds is 3. The summed E-state index contributed by atoms with van der Waals surface area (Å²) in [5, 5.41) is 0. The number of thiol groups is 1. The molecule has 0 amide bonds. The van der Waals surface area contributed by atoms with Gasteiger partial charge in [0.25, 0.3) is 0 Å². The largest absolute Gasteiger partial charge is 0.780 e. The van der Waals surface area contributed by atoms with E-state index >= 15 is 0 Å². The van der Waals surface area contributed by atoms with Crippen LogP contribution in [-0.4, -0.2) is 37.7 Å². The van der Waals surface area contributed by atoms with Crippen molar-refractivity contribution >= 4 is 25.3 Å². The molecule has 1 heterocycles. The topological polar surface area (TPSA) is 12.5 Å². The maximum absolute atomic E-state index is 4.94. The van der Waals surface area contributed by atoms with E-state index in [1.54, 1.807) is 0 Å². The Bertz CT molecular complexity index is 456. The Kier molecular flexibility index (Phi) is 23.5. The summed E-state index contributed by atoms with van der Waals surface area (Å²) in [4.78, 5) is 4.30. The van der Waals surface area contributed by atoms with E-state index in [0.29, 0.717) is 0 Å². The van der Waals surface area contributed by atoms with Gasteiger partial charge in [0, 0.05) is 40.5 Å². The summed E-state index contributed by atoms with van der Waals surface area (Å²) in [6.45, 7) is 12.1. The summed E-state index contributed by atoms with van der Waals surface area (Å²) in [5.41, 5.74) is 0. The van der Waals surface area contributed by atoms with E-state index in [1.165, 1.54) is 32.5 Å². The molecular formula is C22H34AuNOS2-. The number of nitrogens with zero attached hydrogens (tertiary/aromatic N) is 1. The van der Waals surface area contributed by atoms with E-state index in [4.69, 9.17) is 17.4 Å². The maximum atomic E-state index is 4.94. The monoisotopic (exact) mass is 589 g/mol. The molecule has 2 nitrogen and oxygen atoms in total. The molecule has 0 bridgehead atoms. The molecule has 1 saturated heterocycles. The van der Waals surface area contributed by atoms with Crippen molar-refractivity contribution in [3.05, 3.63) is 60.7 Å². The van der Waals surface area contributed by atoms with Gasteiger partial charge in [-0.1, -0.05) is 69.3 Å². The van der Waals surface area contributed by atoms with E-state index in [0.717, 1.165) is 23.0 Å². The summed E-state index contributed by atoms with van der Waals surface area (Å²) in [7, 11) is 0. The molecule has 1 aliphatic rings. The summed E-state index contributed by atoms with van der Waals surface area (Å²) in [6.07, 6.45) is 2.56. The normalized spacial score (nSPS) is 11.6. The zero-order valence-corrected chi connectivity index (χ0v) is 20.6. The molecule has 1 aliphatic heterocycles. The fourth-order valence-electron chi connectivity index (χ4n) is 2.03. The standard InChI is InChI=1S/C6H15N.2C6H6S.C4H8O.Au/c1-4-7(5-2)6-3;2*7-6-4-2-1-3-5-6;1-2-4-5-3-1;/h4-6H2,1-3H3;2*1-5,7H;1-4H2;/p-1. The number of hydrogen-bond acceptors (Lipinski definition) is 4. The molecule has 0 spiro atoms. The zero-order chi connectivity index (χ0) is 19.5. The fourth-order valence-corrected chi connectivity index (χ4v) is 2.36. The van der Waals surface area contributed by atoms with Gasteiger partial charge in [-0.2, -0.15) is 4.90 Å². The van der Waals surface area contributed by atoms with Crippen LogP contribution < -0.4 is 0 Å². The minimum absolute atomic E-state index is 0. The maximum Gasteiger partial charge on any atom is 0.0466 e. The molecule has 0 atom stereocenters. The minimum atomic E-state index is 0. The Morgan fingerprint density at radius 1 is 0.815 bits per heavy atom. The summed E-state index contributed by atoms with van der Waals surface area (Å²) < 4.78 is 4.94. The van der Waals surface area contributed by atoms with Crippen LogP contribution in [0.15, 0.2) is 70.5 Å². The van der Waals surface area contributed by atoms with Gasteiger partial charge in [-0.3, -0.25) is 0 Å². The van der Waals surface area contributed by atoms with E-state index in [1.807, 2.05) is 60.7 Å². The number of ether oxygens (including phenoxy) is 1. The molecule has 5 heteroatoms. The first kappa shape index (κ1) is 28.9. The first-order valence-electron chi connectivity index (χ1n) is 9.40. The molecule has 0 unspecified atom stereocenters. The Morgan fingerprint density at radius 3 is 1.37 bits per heavy atom. The second-order valence-electron chi connectivity index (χ2n) is 5.59. The van der Waals surface area contributed by atoms with Gasteiger partial charge in [0.2, 0.25) is 0 Å². The van der Waals surface area contributed by atoms with Crippen molar-refractivity contribution in [2.45, 2.75) is 43.4 Å². The predicted octanol–water partition coefficient (Wildman–Crippen LogP) is 5.71. The first-order chi connectivity index (χ1) is 12.6. The van der Waals surface area contributed by atoms with E-state index in [-0.39, 0.29) is 22.4 Å². The van der Waals surface area contributed by atoms with Crippen molar-refractivity contribution in [2.75, 3.05) is 32.8 Å². The summed E-state index contributed by atoms with van der Waals surface area (Å²) >= 11 is 8.90. The summed E-state index contributed by atoms with van der Waals surface area (Å²) in [5.74, 6) is 0. The van der Waals surface area contributed by atoms with Crippen molar-refractivity contribution in [3.63, 3.8) is 0 Å². The van der Waals surface area contributed by atoms with Gasteiger partial charge in [-0.25, -0.2) is 0 Å². The molecule has 0 N–H and O–H groups in total. The van der Waals surface area contributed by atoms with Gasteiger partial charge < -0.3 is 22.3 Å². The SMILES string of the molecule is C1CCOC1.CCN(CC)CC.Sc1ccccc1.[Au].[S-]c1ccccc1. The van der Waals surface area contributed by atoms with Crippen molar-refractivity contribution in [3.8, 4) is 0 Å². The Morgan fingerprint density at radius 2 is 1.22 bits per heavy atom. The Balaban J connectivity index is 0. The first-order valence-corrected chi connectivity index (χ1v) is 10.3. The third-order valence-electron chi connectivity index (χ3n) is 3.67. The Labute approximate surface area is 193 Å². The fraction of sp³-hybridized carbons (Fsp3) is 0.455. The summed E-state index contributed by atoms with van der Waals surface area (Å²) in [6, 6.07) is 19.4. The van der Waals surface area contributed by atoms with Crippen LogP contribution in [0.4, 0.5) is 0 Å². The van der Waals surface area contributed by atoms with E-state index < -0.39 is 0 Å². The van der Waals surface area contributed by atoms with Gasteiger partial charge in [0.05, 0.1) is 0 Å². The second kappa shape index (κ2) is 22.0. The molecule has 2 aromatic carbocycles. The molecular weight excluding hydrogens is 555 g/mol. The van der Waals surface area contributed by atoms with Crippen LogP contribution in [0.3, 0.4) is 0 Å². The van der Waals surface area contributed by atoms with E-state index in [9.17, 15) is 0 Å². The third kappa shape index (κ3) is 20.2. The van der Waals surface area contributed by atoms with Gasteiger partial charge >= 0.3 is 0 Å².